The Morgan fingerprint density at radius 3 is 1.68 bits per heavy atom. The number of rotatable bonds is 12. The fraction of sp³-hybridized carbons (Fsp3) is 1.00. The molecule has 0 aromatic heterocycles. The molecule has 0 aliphatic carbocycles. The monoisotopic (exact) mass is 406 g/mol. The van der Waals surface area contributed by atoms with Crippen LogP contribution >= 0.6 is 7.60 Å². The Morgan fingerprint density at radius 1 is 0.895 bits per heavy atom. The van der Waals surface area contributed by atoms with Crippen LogP contribution in [0.25, 0.3) is 0 Å². The second-order valence-electron chi connectivity index (χ2n) is 3.40. The molecule has 0 rings (SSSR count). The summed E-state index contributed by atoms with van der Waals surface area (Å²) < 4.78 is 40.0. The molecule has 19 heavy (non-hydrogen) atoms. The molecule has 0 N–H and O–H groups in total. The van der Waals surface area contributed by atoms with E-state index >= 15 is 0 Å². The van der Waals surface area contributed by atoms with Gasteiger partial charge < -0.3 is 0 Å². The molecule has 0 radical (unpaired) electrons. The first-order valence-electron chi connectivity index (χ1n) is 6.69. The first-order valence-corrected chi connectivity index (χ1v) is 11.4. The Balaban J connectivity index is 4.77. The molecule has 0 heterocycles. The Kier molecular flexibility index (Phi) is 12.0. The molecule has 0 spiro atoms. The summed E-state index contributed by atoms with van der Waals surface area (Å²) in [5.41, 5.74) is 0. The summed E-state index contributed by atoms with van der Waals surface area (Å²) >= 11 is -2.75. The maximum atomic E-state index is 12.6. The molecule has 116 valence electrons. The second-order valence-corrected chi connectivity index (χ2v) is 8.93. The van der Waals surface area contributed by atoms with Gasteiger partial charge in [-0.3, -0.25) is 0 Å². The summed E-state index contributed by atoms with van der Waals surface area (Å²) in [6.45, 7) is 10.9. The van der Waals surface area contributed by atoms with Crippen molar-refractivity contribution in [3.8, 4) is 0 Å². The van der Waals surface area contributed by atoms with E-state index in [1.807, 2.05) is 20.8 Å². The van der Waals surface area contributed by atoms with E-state index in [4.69, 9.17) is 18.1 Å². The van der Waals surface area contributed by atoms with Gasteiger partial charge in [0.05, 0.1) is 0 Å². The van der Waals surface area contributed by atoms with Crippen molar-refractivity contribution in [1.82, 2.24) is 0 Å². The van der Waals surface area contributed by atoms with E-state index in [-0.39, 0.29) is 0 Å². The molecule has 0 aliphatic rings. The van der Waals surface area contributed by atoms with Gasteiger partial charge in [-0.25, -0.2) is 0 Å². The zero-order chi connectivity index (χ0) is 14.7. The zero-order valence-electron chi connectivity index (χ0n) is 12.5. The standard InChI is InChI=1S/C7H16O4P.2C2H5O.Sb/c1-4-7(8)12(9,10-5-2)11-6-3;2*1-2-3;/h7H,4-6H2,1-3H3;2*2H2,1H3;/q3*-1;+3. The van der Waals surface area contributed by atoms with Crippen LogP contribution in [0, 0.1) is 0 Å². The Morgan fingerprint density at radius 2 is 1.37 bits per heavy atom. The quantitative estimate of drug-likeness (QED) is 0.366. The van der Waals surface area contributed by atoms with Crippen LogP contribution in [-0.2, 0) is 22.7 Å². The van der Waals surface area contributed by atoms with Gasteiger partial charge in [0.2, 0.25) is 0 Å². The van der Waals surface area contributed by atoms with Crippen molar-refractivity contribution in [2.75, 3.05) is 26.4 Å². The van der Waals surface area contributed by atoms with Gasteiger partial charge in [-0.05, 0) is 0 Å². The van der Waals surface area contributed by atoms with Gasteiger partial charge in [0.15, 0.2) is 0 Å². The van der Waals surface area contributed by atoms with Gasteiger partial charge in [-0.2, -0.15) is 0 Å². The molecular formula is C11H26O6PSb. The Bertz CT molecular complexity index is 250. The molecule has 8 heteroatoms. The van der Waals surface area contributed by atoms with E-state index in [2.05, 4.69) is 0 Å². The van der Waals surface area contributed by atoms with Gasteiger partial charge >= 0.3 is 125 Å². The summed E-state index contributed by atoms with van der Waals surface area (Å²) in [5.74, 6) is -0.617. The molecule has 6 nitrogen and oxygen atoms in total. The second kappa shape index (κ2) is 11.5. The van der Waals surface area contributed by atoms with E-state index in [1.165, 1.54) is 0 Å². The van der Waals surface area contributed by atoms with Gasteiger partial charge in [0.1, 0.15) is 0 Å². The maximum absolute atomic E-state index is 12.6. The molecule has 0 bridgehead atoms. The summed E-state index contributed by atoms with van der Waals surface area (Å²) in [7, 11) is -3.27. The molecule has 0 aromatic rings. The summed E-state index contributed by atoms with van der Waals surface area (Å²) in [5, 5.41) is 0. The summed E-state index contributed by atoms with van der Waals surface area (Å²) in [6, 6.07) is 0. The van der Waals surface area contributed by atoms with E-state index in [9.17, 15) is 4.57 Å². The molecule has 0 amide bonds. The van der Waals surface area contributed by atoms with Crippen LogP contribution in [0.5, 0.6) is 0 Å². The first kappa shape index (κ1) is 19.8. The third-order valence-corrected chi connectivity index (χ3v) is 8.80. The Hall–Kier alpha value is 0.848. The van der Waals surface area contributed by atoms with E-state index < -0.39 is 34.9 Å². The number of hydrogen-bond donors (Lipinski definition) is 0. The zero-order valence-corrected chi connectivity index (χ0v) is 15.9. The fourth-order valence-corrected chi connectivity index (χ4v) is 7.28. The minimum absolute atomic E-state index is 0.317. The van der Waals surface area contributed by atoms with Crippen LogP contribution in [-0.4, -0.2) is 53.7 Å². The average molecular weight is 407 g/mol. The van der Waals surface area contributed by atoms with Crippen LogP contribution < -0.4 is 0 Å². The van der Waals surface area contributed by atoms with Crippen molar-refractivity contribution >= 4 is 29.1 Å². The molecule has 0 fully saturated rings. The predicted molar refractivity (Wildman–Crippen MR) is 75.0 cm³/mol. The SMILES string of the molecule is CC[O][Sb]([O]CC)[O]C(CC)P(=O)(OCC)OCC. The normalized spacial score (nSPS) is 14.0. The Labute approximate surface area is 125 Å². The van der Waals surface area contributed by atoms with Gasteiger partial charge in [-0.1, -0.05) is 0 Å². The minimum atomic E-state index is -3.27. The molecule has 0 saturated carbocycles. The van der Waals surface area contributed by atoms with E-state index in [0.29, 0.717) is 32.8 Å². The number of hydrogen-bond acceptors (Lipinski definition) is 6. The van der Waals surface area contributed by atoms with Gasteiger partial charge in [-0.15, -0.1) is 0 Å². The van der Waals surface area contributed by atoms with Crippen molar-refractivity contribution in [1.29, 1.82) is 0 Å². The van der Waals surface area contributed by atoms with Gasteiger partial charge in [0, 0.05) is 0 Å². The molecule has 1 atom stereocenters. The van der Waals surface area contributed by atoms with E-state index in [0.717, 1.165) is 0 Å². The van der Waals surface area contributed by atoms with Gasteiger partial charge in [0.25, 0.3) is 0 Å². The van der Waals surface area contributed by atoms with Crippen molar-refractivity contribution in [3.63, 3.8) is 0 Å². The molecule has 0 saturated heterocycles. The summed E-state index contributed by atoms with van der Waals surface area (Å²) in [6.07, 6.45) is 0.526. The van der Waals surface area contributed by atoms with Crippen molar-refractivity contribution in [2.24, 2.45) is 0 Å². The van der Waals surface area contributed by atoms with Crippen LogP contribution in [0.4, 0.5) is 0 Å². The topological polar surface area (TPSA) is 63.2 Å². The van der Waals surface area contributed by atoms with Crippen molar-refractivity contribution < 1.29 is 22.7 Å². The van der Waals surface area contributed by atoms with E-state index in [1.54, 1.807) is 13.8 Å². The van der Waals surface area contributed by atoms with Crippen LogP contribution in [0.3, 0.4) is 0 Å². The van der Waals surface area contributed by atoms with Crippen molar-refractivity contribution in [3.05, 3.63) is 0 Å². The third-order valence-electron chi connectivity index (χ3n) is 2.00. The van der Waals surface area contributed by atoms with Crippen LogP contribution in [0.2, 0.25) is 0 Å². The van der Waals surface area contributed by atoms with Crippen LogP contribution in [0.15, 0.2) is 0 Å². The first-order chi connectivity index (χ1) is 9.07. The van der Waals surface area contributed by atoms with Crippen molar-refractivity contribution in [2.45, 2.75) is 46.9 Å². The van der Waals surface area contributed by atoms with Crippen LogP contribution in [0.1, 0.15) is 41.0 Å². The fourth-order valence-electron chi connectivity index (χ4n) is 1.33. The molecule has 0 aliphatic heterocycles. The predicted octanol–water partition coefficient (Wildman–Crippen LogP) is 3.06. The summed E-state index contributed by atoms with van der Waals surface area (Å²) in [4.78, 5) is 0. The molecule has 0 aromatic carbocycles. The average Bonchev–Trinajstić information content (AvgIpc) is 2.36. The molecular weight excluding hydrogens is 381 g/mol. The third kappa shape index (κ3) is 7.42. The molecule has 1 unspecified atom stereocenters.